The highest BCUT2D eigenvalue weighted by Crippen LogP contribution is 2.23. The summed E-state index contributed by atoms with van der Waals surface area (Å²) >= 11 is 0. The smallest absolute Gasteiger partial charge is 0.410 e. The van der Waals surface area contributed by atoms with Crippen LogP contribution >= 0.6 is 0 Å². The Balaban J connectivity index is 1.37. The van der Waals surface area contributed by atoms with E-state index in [9.17, 15) is 24.0 Å². The number of nitrogens with zero attached hydrogens (tertiary/aromatic N) is 3. The molecule has 5 rings (SSSR count). The van der Waals surface area contributed by atoms with Gasteiger partial charge in [-0.05, 0) is 82.1 Å². The summed E-state index contributed by atoms with van der Waals surface area (Å²) in [5, 5.41) is 5.84. The Morgan fingerprint density at radius 1 is 0.738 bits per heavy atom. The fourth-order valence-corrected chi connectivity index (χ4v) is 7.32. The van der Waals surface area contributed by atoms with Gasteiger partial charge in [0, 0.05) is 39.1 Å². The fraction of sp³-hybridized carbons (Fsp3) is 0.408. The monoisotopic (exact) mass is 831 g/mol. The molecule has 12 nitrogen and oxygen atoms in total. The van der Waals surface area contributed by atoms with Crippen LogP contribution < -0.4 is 10.6 Å². The molecule has 0 radical (unpaired) electrons. The largest absolute Gasteiger partial charge is 0.445 e. The molecule has 324 valence electrons. The number of ether oxygens (including phenoxy) is 2. The Hall–Kier alpha value is -6.17. The van der Waals surface area contributed by atoms with E-state index in [1.54, 1.807) is 37.5 Å². The molecule has 2 N–H and O–H groups in total. The lowest BCUT2D eigenvalue weighted by Crippen LogP contribution is -2.57. The molecule has 4 aromatic carbocycles. The van der Waals surface area contributed by atoms with Crippen molar-refractivity contribution in [2.45, 2.75) is 103 Å². The molecule has 0 spiro atoms. The van der Waals surface area contributed by atoms with Gasteiger partial charge < -0.3 is 29.9 Å². The first-order chi connectivity index (χ1) is 29.3. The summed E-state index contributed by atoms with van der Waals surface area (Å²) in [5.74, 6) is -1.02. The first-order valence-corrected chi connectivity index (χ1v) is 21.2. The summed E-state index contributed by atoms with van der Waals surface area (Å²) in [6, 6.07) is 35.4. The number of carbonyl (C=O) groups excluding carboxylic acids is 5. The molecule has 1 aliphatic rings. The van der Waals surface area contributed by atoms with Crippen LogP contribution in [-0.4, -0.2) is 101 Å². The van der Waals surface area contributed by atoms with Gasteiger partial charge in [0.15, 0.2) is 0 Å². The first-order valence-electron chi connectivity index (χ1n) is 21.2. The Kier molecular flexibility index (Phi) is 16.9. The molecule has 0 unspecified atom stereocenters. The number of rotatable bonds is 18. The molecule has 0 saturated carbocycles. The Labute approximate surface area is 360 Å². The second-order valence-electron chi connectivity index (χ2n) is 16.6. The second-order valence-corrected chi connectivity index (χ2v) is 16.6. The van der Waals surface area contributed by atoms with E-state index in [4.69, 9.17) is 9.47 Å². The van der Waals surface area contributed by atoms with Gasteiger partial charge >= 0.3 is 12.2 Å². The zero-order valence-corrected chi connectivity index (χ0v) is 36.1. The maximum Gasteiger partial charge on any atom is 0.410 e. The van der Waals surface area contributed by atoms with Gasteiger partial charge in [-0.25, -0.2) is 9.59 Å². The topological polar surface area (TPSA) is 138 Å². The summed E-state index contributed by atoms with van der Waals surface area (Å²) in [5.41, 5.74) is 3.00. The Bertz CT molecular complexity index is 2010. The van der Waals surface area contributed by atoms with Crippen molar-refractivity contribution in [3.05, 3.63) is 144 Å². The van der Waals surface area contributed by atoms with Crippen LogP contribution in [0.2, 0.25) is 0 Å². The third-order valence-electron chi connectivity index (χ3n) is 10.8. The standard InChI is InChI=1S/C49H61N5O7/c1-36(52(5)48(59)61-49(2,3)4)44(55)50-42(29-28-37-19-10-6-11-20-37)46(57)54-31-18-27-41(54)34-53(32-30-38-21-12-7-13-22-38)45(56)43(33-39-23-14-8-15-24-39)51-47(58)60-35-40-25-16-9-17-26-40/h6-17,19-26,36,41-43H,18,27-35H2,1-5H3,(H,50,55)(H,51,58)/t36-,41-,42-,43+/m0/s1. The van der Waals surface area contributed by atoms with Crippen LogP contribution in [-0.2, 0) is 49.7 Å². The highest BCUT2D eigenvalue weighted by Gasteiger charge is 2.38. The van der Waals surface area contributed by atoms with Gasteiger partial charge in [0.1, 0.15) is 30.3 Å². The van der Waals surface area contributed by atoms with Crippen LogP contribution in [0, 0.1) is 0 Å². The molecule has 0 bridgehead atoms. The zero-order chi connectivity index (χ0) is 43.8. The molecule has 5 amide bonds. The second kappa shape index (κ2) is 22.4. The number of alkyl carbamates (subject to hydrolysis) is 1. The normalized spacial score (nSPS) is 15.2. The summed E-state index contributed by atoms with van der Waals surface area (Å²) in [6.07, 6.45) is 1.65. The summed E-state index contributed by atoms with van der Waals surface area (Å²) in [4.78, 5) is 74.2. The van der Waals surface area contributed by atoms with Gasteiger partial charge in [-0.1, -0.05) is 121 Å². The predicted octanol–water partition coefficient (Wildman–Crippen LogP) is 6.96. The van der Waals surface area contributed by atoms with Gasteiger partial charge in [-0.2, -0.15) is 0 Å². The lowest BCUT2D eigenvalue weighted by molar-refractivity contribution is -0.140. The number of carbonyl (C=O) groups is 5. The first kappa shape index (κ1) is 45.9. The zero-order valence-electron chi connectivity index (χ0n) is 36.1. The third-order valence-corrected chi connectivity index (χ3v) is 10.8. The minimum Gasteiger partial charge on any atom is -0.445 e. The van der Waals surface area contributed by atoms with Crippen molar-refractivity contribution in [3.63, 3.8) is 0 Å². The minimum atomic E-state index is -0.951. The molecule has 1 saturated heterocycles. The molecular weight excluding hydrogens is 771 g/mol. The van der Waals surface area contributed by atoms with E-state index in [1.165, 1.54) is 11.9 Å². The van der Waals surface area contributed by atoms with E-state index in [0.29, 0.717) is 45.2 Å². The number of amides is 5. The van der Waals surface area contributed by atoms with E-state index in [1.807, 2.05) is 121 Å². The molecule has 4 atom stereocenters. The summed E-state index contributed by atoms with van der Waals surface area (Å²) in [6.45, 7) is 7.94. The number of likely N-dealkylation sites (tertiary alicyclic amines) is 1. The number of hydrogen-bond acceptors (Lipinski definition) is 7. The van der Waals surface area contributed by atoms with Crippen LogP contribution in [0.4, 0.5) is 9.59 Å². The highest BCUT2D eigenvalue weighted by atomic mass is 16.6. The lowest BCUT2D eigenvalue weighted by atomic mass is 10.0. The molecule has 1 heterocycles. The van der Waals surface area contributed by atoms with Crippen molar-refractivity contribution < 1.29 is 33.4 Å². The van der Waals surface area contributed by atoms with Crippen LogP contribution in [0.15, 0.2) is 121 Å². The Morgan fingerprint density at radius 3 is 1.85 bits per heavy atom. The number of nitrogens with one attached hydrogen (secondary N) is 2. The number of hydrogen-bond donors (Lipinski definition) is 2. The third kappa shape index (κ3) is 14.5. The molecule has 4 aromatic rings. The van der Waals surface area contributed by atoms with Crippen molar-refractivity contribution >= 4 is 29.9 Å². The predicted molar refractivity (Wildman–Crippen MR) is 235 cm³/mol. The molecule has 0 aliphatic carbocycles. The molecule has 1 fully saturated rings. The van der Waals surface area contributed by atoms with Crippen LogP contribution in [0.5, 0.6) is 0 Å². The van der Waals surface area contributed by atoms with Crippen molar-refractivity contribution in [1.82, 2.24) is 25.3 Å². The average Bonchev–Trinajstić information content (AvgIpc) is 3.73. The van der Waals surface area contributed by atoms with E-state index >= 15 is 0 Å². The molecule has 0 aromatic heterocycles. The van der Waals surface area contributed by atoms with Crippen molar-refractivity contribution in [2.75, 3.05) is 26.7 Å². The van der Waals surface area contributed by atoms with E-state index in [-0.39, 0.29) is 37.4 Å². The van der Waals surface area contributed by atoms with Gasteiger partial charge in [0.05, 0.1) is 0 Å². The van der Waals surface area contributed by atoms with Gasteiger partial charge in [0.2, 0.25) is 17.7 Å². The maximum absolute atomic E-state index is 14.8. The lowest BCUT2D eigenvalue weighted by Gasteiger charge is -2.35. The van der Waals surface area contributed by atoms with Crippen molar-refractivity contribution in [1.29, 1.82) is 0 Å². The van der Waals surface area contributed by atoms with Crippen molar-refractivity contribution in [2.24, 2.45) is 0 Å². The SMILES string of the molecule is C[C@@H](C(=O)N[C@@H](CCc1ccccc1)C(=O)N1CCC[C@H]1CN(CCc1ccccc1)C(=O)[C@@H](Cc1ccccc1)NC(=O)OCc1ccccc1)N(C)C(=O)OC(C)(C)C. The Morgan fingerprint density at radius 2 is 1.28 bits per heavy atom. The average molecular weight is 832 g/mol. The molecule has 61 heavy (non-hydrogen) atoms. The minimum absolute atomic E-state index is 0.0494. The summed E-state index contributed by atoms with van der Waals surface area (Å²) < 4.78 is 11.1. The molecular formula is C49H61N5O7. The summed E-state index contributed by atoms with van der Waals surface area (Å²) in [7, 11) is 1.50. The van der Waals surface area contributed by atoms with E-state index < -0.39 is 41.8 Å². The van der Waals surface area contributed by atoms with Crippen LogP contribution in [0.3, 0.4) is 0 Å². The number of aryl methyl sites for hydroxylation is 1. The van der Waals surface area contributed by atoms with E-state index in [0.717, 1.165) is 22.3 Å². The molecule has 12 heteroatoms. The van der Waals surface area contributed by atoms with Gasteiger partial charge in [0.25, 0.3) is 0 Å². The number of likely N-dealkylation sites (N-methyl/N-ethyl adjacent to an activating group) is 1. The maximum atomic E-state index is 14.8. The van der Waals surface area contributed by atoms with Gasteiger partial charge in [-0.15, -0.1) is 0 Å². The van der Waals surface area contributed by atoms with Gasteiger partial charge in [-0.3, -0.25) is 19.3 Å². The fourth-order valence-electron chi connectivity index (χ4n) is 7.32. The highest BCUT2D eigenvalue weighted by molar-refractivity contribution is 5.91. The van der Waals surface area contributed by atoms with Crippen LogP contribution in [0.25, 0.3) is 0 Å². The number of benzene rings is 4. The molecule has 1 aliphatic heterocycles. The van der Waals surface area contributed by atoms with Crippen LogP contribution in [0.1, 0.15) is 69.2 Å². The van der Waals surface area contributed by atoms with E-state index in [2.05, 4.69) is 10.6 Å². The van der Waals surface area contributed by atoms with Crippen molar-refractivity contribution in [3.8, 4) is 0 Å². The quantitative estimate of drug-likeness (QED) is 0.111.